The van der Waals surface area contributed by atoms with E-state index < -0.39 is 0 Å². The molecule has 0 heterocycles. The average molecular weight is 164 g/mol. The molecule has 0 amide bonds. The van der Waals surface area contributed by atoms with Crippen molar-refractivity contribution in [2.45, 2.75) is 40.0 Å². The normalized spacial score (nSPS) is 29.1. The predicted molar refractivity (Wildman–Crippen MR) is 55.1 cm³/mol. The molecule has 0 nitrogen and oxygen atoms in total. The van der Waals surface area contributed by atoms with Crippen LogP contribution in [0.3, 0.4) is 0 Å². The standard InChI is InChI=1S/C10H14.C2H6/c1-9-5-4-8-10(9)6-2-3-7-10;1-2/h2-5,9H,6-8H2,1H3;1-2H3. The van der Waals surface area contributed by atoms with Gasteiger partial charge in [0.1, 0.15) is 0 Å². The Hall–Kier alpha value is -0.520. The largest absolute Gasteiger partial charge is 0.0879 e. The maximum Gasteiger partial charge on any atom is -0.0134 e. The van der Waals surface area contributed by atoms with Crippen LogP contribution in [0.2, 0.25) is 0 Å². The zero-order valence-electron chi connectivity index (χ0n) is 8.51. The highest BCUT2D eigenvalue weighted by atomic mass is 14.4. The lowest BCUT2D eigenvalue weighted by molar-refractivity contribution is 0.255. The number of hydrogen-bond acceptors (Lipinski definition) is 0. The van der Waals surface area contributed by atoms with E-state index in [0.717, 1.165) is 5.92 Å². The molecule has 1 atom stereocenters. The second-order valence-corrected chi connectivity index (χ2v) is 3.66. The van der Waals surface area contributed by atoms with Gasteiger partial charge in [0.2, 0.25) is 0 Å². The molecule has 0 saturated carbocycles. The van der Waals surface area contributed by atoms with E-state index in [9.17, 15) is 0 Å². The maximum atomic E-state index is 2.37. The van der Waals surface area contributed by atoms with Crippen molar-refractivity contribution in [3.63, 3.8) is 0 Å². The summed E-state index contributed by atoms with van der Waals surface area (Å²) >= 11 is 0. The molecule has 68 valence electrons. The molecule has 0 aromatic rings. The lowest BCUT2D eigenvalue weighted by Crippen LogP contribution is -2.19. The molecule has 0 aliphatic heterocycles. The first-order valence-electron chi connectivity index (χ1n) is 5.15. The van der Waals surface area contributed by atoms with Crippen molar-refractivity contribution in [1.29, 1.82) is 0 Å². The van der Waals surface area contributed by atoms with Crippen molar-refractivity contribution in [3.05, 3.63) is 24.3 Å². The molecule has 2 rings (SSSR count). The third-order valence-corrected chi connectivity index (χ3v) is 3.13. The van der Waals surface area contributed by atoms with Crippen molar-refractivity contribution in [1.82, 2.24) is 0 Å². The molecule has 0 fully saturated rings. The maximum absolute atomic E-state index is 2.37. The summed E-state index contributed by atoms with van der Waals surface area (Å²) < 4.78 is 0. The Morgan fingerprint density at radius 3 is 1.92 bits per heavy atom. The molecule has 12 heavy (non-hydrogen) atoms. The Bertz CT molecular complexity index is 173. The van der Waals surface area contributed by atoms with Crippen LogP contribution in [0.5, 0.6) is 0 Å². The third-order valence-electron chi connectivity index (χ3n) is 3.13. The van der Waals surface area contributed by atoms with Gasteiger partial charge in [-0.05, 0) is 30.6 Å². The average Bonchev–Trinajstić information content (AvgIpc) is 2.70. The van der Waals surface area contributed by atoms with Crippen molar-refractivity contribution in [3.8, 4) is 0 Å². The van der Waals surface area contributed by atoms with E-state index in [4.69, 9.17) is 0 Å². The fourth-order valence-electron chi connectivity index (χ4n) is 2.15. The van der Waals surface area contributed by atoms with E-state index in [1.54, 1.807) is 0 Å². The van der Waals surface area contributed by atoms with Gasteiger partial charge in [0.15, 0.2) is 0 Å². The van der Waals surface area contributed by atoms with Crippen molar-refractivity contribution >= 4 is 0 Å². The van der Waals surface area contributed by atoms with E-state index in [0.29, 0.717) is 5.41 Å². The van der Waals surface area contributed by atoms with Crippen LogP contribution in [0.15, 0.2) is 24.3 Å². The lowest BCUT2D eigenvalue weighted by Gasteiger charge is -2.28. The molecule has 0 saturated heterocycles. The summed E-state index contributed by atoms with van der Waals surface area (Å²) in [6.07, 6.45) is 13.3. The molecule has 0 aromatic carbocycles. The summed E-state index contributed by atoms with van der Waals surface area (Å²) in [7, 11) is 0. The van der Waals surface area contributed by atoms with Gasteiger partial charge in [-0.25, -0.2) is 0 Å². The molecule has 1 unspecified atom stereocenters. The van der Waals surface area contributed by atoms with E-state index in [2.05, 4.69) is 31.2 Å². The molecule has 2 aliphatic carbocycles. The first-order chi connectivity index (χ1) is 5.83. The van der Waals surface area contributed by atoms with Gasteiger partial charge in [-0.2, -0.15) is 0 Å². The van der Waals surface area contributed by atoms with Crippen LogP contribution in [0.4, 0.5) is 0 Å². The van der Waals surface area contributed by atoms with Crippen LogP contribution >= 0.6 is 0 Å². The predicted octanol–water partition coefficient (Wildman–Crippen LogP) is 3.95. The Labute approximate surface area is 76.4 Å². The Morgan fingerprint density at radius 2 is 1.50 bits per heavy atom. The molecule has 2 aliphatic rings. The Kier molecular flexibility index (Phi) is 3.13. The third kappa shape index (κ3) is 1.48. The second kappa shape index (κ2) is 3.93. The molecular weight excluding hydrogens is 144 g/mol. The highest BCUT2D eigenvalue weighted by molar-refractivity contribution is 5.15. The van der Waals surface area contributed by atoms with Crippen LogP contribution in [-0.4, -0.2) is 0 Å². The van der Waals surface area contributed by atoms with Crippen molar-refractivity contribution < 1.29 is 0 Å². The van der Waals surface area contributed by atoms with Crippen LogP contribution in [-0.2, 0) is 0 Å². The summed E-state index contributed by atoms with van der Waals surface area (Å²) in [6.45, 7) is 6.34. The van der Waals surface area contributed by atoms with Crippen LogP contribution in [0, 0.1) is 11.3 Å². The molecule has 0 aromatic heterocycles. The minimum absolute atomic E-state index is 0.625. The van der Waals surface area contributed by atoms with Gasteiger partial charge in [0.25, 0.3) is 0 Å². The Balaban J connectivity index is 0.000000336. The molecule has 0 radical (unpaired) electrons. The monoisotopic (exact) mass is 164 g/mol. The quantitative estimate of drug-likeness (QED) is 0.476. The van der Waals surface area contributed by atoms with Gasteiger partial charge in [-0.3, -0.25) is 0 Å². The first-order valence-corrected chi connectivity index (χ1v) is 5.15. The zero-order valence-corrected chi connectivity index (χ0v) is 8.51. The number of allylic oxidation sites excluding steroid dienone is 4. The minimum atomic E-state index is 0.625. The first kappa shape index (κ1) is 9.57. The van der Waals surface area contributed by atoms with Gasteiger partial charge < -0.3 is 0 Å². The molecular formula is C12H20. The smallest absolute Gasteiger partial charge is 0.0134 e. The summed E-state index contributed by atoms with van der Waals surface area (Å²) in [5, 5.41) is 0. The van der Waals surface area contributed by atoms with Gasteiger partial charge in [0.05, 0.1) is 0 Å². The van der Waals surface area contributed by atoms with Crippen molar-refractivity contribution in [2.24, 2.45) is 11.3 Å². The molecule has 0 heteroatoms. The summed E-state index contributed by atoms with van der Waals surface area (Å²) in [5.41, 5.74) is 0.625. The fraction of sp³-hybridized carbons (Fsp3) is 0.667. The van der Waals surface area contributed by atoms with Crippen molar-refractivity contribution in [2.75, 3.05) is 0 Å². The zero-order chi connectivity index (χ0) is 9.03. The summed E-state index contributed by atoms with van der Waals surface area (Å²) in [6, 6.07) is 0. The van der Waals surface area contributed by atoms with Crippen LogP contribution in [0.25, 0.3) is 0 Å². The highest BCUT2D eigenvalue weighted by Gasteiger charge is 2.36. The number of rotatable bonds is 0. The second-order valence-electron chi connectivity index (χ2n) is 3.66. The summed E-state index contributed by atoms with van der Waals surface area (Å²) in [4.78, 5) is 0. The number of hydrogen-bond donors (Lipinski definition) is 0. The van der Waals surface area contributed by atoms with Gasteiger partial charge >= 0.3 is 0 Å². The van der Waals surface area contributed by atoms with Gasteiger partial charge in [0, 0.05) is 0 Å². The van der Waals surface area contributed by atoms with Crippen LogP contribution < -0.4 is 0 Å². The summed E-state index contributed by atoms with van der Waals surface area (Å²) in [5.74, 6) is 0.808. The molecule has 0 bridgehead atoms. The molecule has 0 N–H and O–H groups in total. The molecule has 1 spiro atoms. The van der Waals surface area contributed by atoms with E-state index in [-0.39, 0.29) is 0 Å². The van der Waals surface area contributed by atoms with Gasteiger partial charge in [-0.15, -0.1) is 0 Å². The lowest BCUT2D eigenvalue weighted by atomic mass is 9.76. The minimum Gasteiger partial charge on any atom is -0.0879 e. The highest BCUT2D eigenvalue weighted by Crippen LogP contribution is 2.47. The van der Waals surface area contributed by atoms with E-state index in [1.807, 2.05) is 13.8 Å². The topological polar surface area (TPSA) is 0 Å². The Morgan fingerprint density at radius 1 is 1.00 bits per heavy atom. The van der Waals surface area contributed by atoms with Crippen LogP contribution in [0.1, 0.15) is 40.0 Å². The fourth-order valence-corrected chi connectivity index (χ4v) is 2.15. The van der Waals surface area contributed by atoms with Gasteiger partial charge in [-0.1, -0.05) is 45.1 Å². The SMILES string of the molecule is CC.CC1C=CCC12CC=CC2. The van der Waals surface area contributed by atoms with E-state index >= 15 is 0 Å². The van der Waals surface area contributed by atoms with E-state index in [1.165, 1.54) is 19.3 Å².